The maximum absolute atomic E-state index is 5.60. The summed E-state index contributed by atoms with van der Waals surface area (Å²) in [6.07, 6.45) is 5.23. The van der Waals surface area contributed by atoms with Crippen LogP contribution in [0.2, 0.25) is 0 Å². The van der Waals surface area contributed by atoms with E-state index in [1.165, 1.54) is 11.1 Å². The Balaban J connectivity index is 1.23. The molecule has 0 saturated heterocycles. The van der Waals surface area contributed by atoms with E-state index in [9.17, 15) is 0 Å². The molecule has 6 rings (SSSR count). The summed E-state index contributed by atoms with van der Waals surface area (Å²) in [6.45, 7) is 3.17. The van der Waals surface area contributed by atoms with Crippen molar-refractivity contribution in [3.8, 4) is 34.6 Å². The largest absolute Gasteiger partial charge is 0.493 e. The van der Waals surface area contributed by atoms with Crippen molar-refractivity contribution in [1.82, 2.24) is 24.5 Å². The Morgan fingerprint density at radius 2 is 1.67 bits per heavy atom. The zero-order valence-corrected chi connectivity index (χ0v) is 24.2. The first-order chi connectivity index (χ1) is 20.6. The quantitative estimate of drug-likeness (QED) is 0.241. The second kappa shape index (κ2) is 12.0. The minimum absolute atomic E-state index is 0.511. The summed E-state index contributed by atoms with van der Waals surface area (Å²) < 4.78 is 29.2. The Morgan fingerprint density at radius 1 is 0.905 bits per heavy atom. The number of benzene rings is 2. The van der Waals surface area contributed by atoms with Crippen molar-refractivity contribution in [1.29, 1.82) is 0 Å². The standard InChI is InChI=1S/C31H34N6O5/c1-38-24-8-7-20(14-26(24)39-2)17-32-31-33-18-22(30-34-29(35-37(30)31)25-6-5-13-42-25)10-12-36-11-9-21-15-27(40-3)28(41-4)16-23(21)19-36/h5-8,13-16,18H,9-12,17,19H2,1-4H3,(H,32,33). The van der Waals surface area contributed by atoms with Crippen LogP contribution in [0.25, 0.3) is 17.2 Å². The molecular formula is C31H34N6O5. The smallest absolute Gasteiger partial charge is 0.226 e. The second-order valence-electron chi connectivity index (χ2n) is 10.1. The molecule has 1 aliphatic heterocycles. The summed E-state index contributed by atoms with van der Waals surface area (Å²) in [4.78, 5) is 12.0. The molecule has 42 heavy (non-hydrogen) atoms. The van der Waals surface area contributed by atoms with Crippen molar-refractivity contribution < 1.29 is 23.4 Å². The van der Waals surface area contributed by atoms with Gasteiger partial charge in [0.05, 0.1) is 34.7 Å². The van der Waals surface area contributed by atoms with Gasteiger partial charge in [0, 0.05) is 37.9 Å². The van der Waals surface area contributed by atoms with Crippen LogP contribution in [-0.4, -0.2) is 66.0 Å². The van der Waals surface area contributed by atoms with Crippen molar-refractivity contribution in [3.05, 3.63) is 77.2 Å². The predicted octanol–water partition coefficient (Wildman–Crippen LogP) is 4.63. The fourth-order valence-electron chi connectivity index (χ4n) is 5.31. The monoisotopic (exact) mass is 570 g/mol. The first-order valence-corrected chi connectivity index (χ1v) is 13.8. The van der Waals surface area contributed by atoms with E-state index in [1.54, 1.807) is 39.2 Å². The van der Waals surface area contributed by atoms with Crippen molar-refractivity contribution >= 4 is 11.6 Å². The molecule has 1 aliphatic rings. The number of nitrogens with zero attached hydrogens (tertiary/aromatic N) is 5. The molecule has 0 atom stereocenters. The van der Waals surface area contributed by atoms with E-state index in [4.69, 9.17) is 38.4 Å². The number of fused-ring (bicyclic) bond motifs is 2. The van der Waals surface area contributed by atoms with Crippen LogP contribution in [-0.2, 0) is 25.9 Å². The molecule has 3 aromatic heterocycles. The average molecular weight is 571 g/mol. The molecule has 0 saturated carbocycles. The highest BCUT2D eigenvalue weighted by Gasteiger charge is 2.21. The Hall–Kier alpha value is -4.77. The minimum Gasteiger partial charge on any atom is -0.493 e. The number of rotatable bonds is 11. The van der Waals surface area contributed by atoms with Gasteiger partial charge >= 0.3 is 0 Å². The lowest BCUT2D eigenvalue weighted by Gasteiger charge is -2.29. The molecule has 11 heteroatoms. The van der Waals surface area contributed by atoms with Gasteiger partial charge in [-0.25, -0.2) is 9.97 Å². The molecule has 2 aromatic carbocycles. The molecule has 0 unspecified atom stereocenters. The first-order valence-electron chi connectivity index (χ1n) is 13.8. The fraction of sp³-hybridized carbons (Fsp3) is 0.323. The normalized spacial score (nSPS) is 13.1. The summed E-state index contributed by atoms with van der Waals surface area (Å²) in [5.41, 5.74) is 5.33. The van der Waals surface area contributed by atoms with E-state index in [0.29, 0.717) is 35.6 Å². The number of methoxy groups -OCH3 is 4. The first kappa shape index (κ1) is 27.4. The van der Waals surface area contributed by atoms with Crippen LogP contribution in [0.4, 0.5) is 5.95 Å². The van der Waals surface area contributed by atoms with Crippen LogP contribution in [0.15, 0.2) is 59.3 Å². The Morgan fingerprint density at radius 3 is 2.40 bits per heavy atom. The third kappa shape index (κ3) is 5.42. The van der Waals surface area contributed by atoms with E-state index in [-0.39, 0.29) is 0 Å². The highest BCUT2D eigenvalue weighted by molar-refractivity contribution is 5.58. The number of hydrogen-bond donors (Lipinski definition) is 1. The number of aromatic nitrogens is 4. The lowest BCUT2D eigenvalue weighted by atomic mass is 9.98. The van der Waals surface area contributed by atoms with Crippen LogP contribution in [0, 0.1) is 0 Å². The zero-order chi connectivity index (χ0) is 29.1. The van der Waals surface area contributed by atoms with E-state index < -0.39 is 0 Å². The van der Waals surface area contributed by atoms with Gasteiger partial charge in [-0.3, -0.25) is 4.90 Å². The number of ether oxygens (including phenoxy) is 4. The van der Waals surface area contributed by atoms with Gasteiger partial charge in [0.15, 0.2) is 34.4 Å². The maximum atomic E-state index is 5.60. The third-order valence-electron chi connectivity index (χ3n) is 7.57. The third-order valence-corrected chi connectivity index (χ3v) is 7.57. The van der Waals surface area contributed by atoms with Gasteiger partial charge in [-0.05, 0) is 65.9 Å². The molecular weight excluding hydrogens is 536 g/mol. The minimum atomic E-state index is 0.511. The maximum Gasteiger partial charge on any atom is 0.226 e. The SMILES string of the molecule is COc1ccc(CNc2ncc(CCN3CCc4cc(OC)c(OC)cc4C3)c3nc(-c4ccco4)nn23)cc1OC. The molecule has 0 amide bonds. The Kier molecular flexibility index (Phi) is 7.83. The molecule has 218 valence electrons. The van der Waals surface area contributed by atoms with Gasteiger partial charge in [-0.1, -0.05) is 6.07 Å². The van der Waals surface area contributed by atoms with Crippen molar-refractivity contribution in [2.75, 3.05) is 46.8 Å². The number of furan rings is 1. The Labute approximate surface area is 244 Å². The predicted molar refractivity (Wildman–Crippen MR) is 158 cm³/mol. The van der Waals surface area contributed by atoms with Crippen LogP contribution >= 0.6 is 0 Å². The topological polar surface area (TPSA) is 108 Å². The fourth-order valence-corrected chi connectivity index (χ4v) is 5.31. The molecule has 1 N–H and O–H groups in total. The molecule has 5 aromatic rings. The van der Waals surface area contributed by atoms with Crippen molar-refractivity contribution in [3.63, 3.8) is 0 Å². The summed E-state index contributed by atoms with van der Waals surface area (Å²) >= 11 is 0. The van der Waals surface area contributed by atoms with Gasteiger partial charge in [0.2, 0.25) is 11.8 Å². The number of hydrogen-bond acceptors (Lipinski definition) is 10. The highest BCUT2D eigenvalue weighted by atomic mass is 16.5. The molecule has 4 heterocycles. The summed E-state index contributed by atoms with van der Waals surface area (Å²) in [7, 11) is 6.59. The van der Waals surface area contributed by atoms with E-state index in [0.717, 1.165) is 60.7 Å². The van der Waals surface area contributed by atoms with Crippen LogP contribution in [0.5, 0.6) is 23.0 Å². The molecule has 0 bridgehead atoms. The van der Waals surface area contributed by atoms with E-state index >= 15 is 0 Å². The second-order valence-corrected chi connectivity index (χ2v) is 10.1. The summed E-state index contributed by atoms with van der Waals surface area (Å²) in [5.74, 6) is 4.59. The van der Waals surface area contributed by atoms with Gasteiger partial charge in [0.25, 0.3) is 0 Å². The van der Waals surface area contributed by atoms with Gasteiger partial charge in [-0.15, -0.1) is 5.10 Å². The number of nitrogens with one attached hydrogen (secondary N) is 1. The Bertz CT molecular complexity index is 1680. The lowest BCUT2D eigenvalue weighted by Crippen LogP contribution is -2.32. The zero-order valence-electron chi connectivity index (χ0n) is 24.2. The highest BCUT2D eigenvalue weighted by Crippen LogP contribution is 2.33. The molecule has 0 radical (unpaired) electrons. The van der Waals surface area contributed by atoms with Crippen molar-refractivity contribution in [2.45, 2.75) is 25.9 Å². The van der Waals surface area contributed by atoms with Crippen molar-refractivity contribution in [2.24, 2.45) is 0 Å². The van der Waals surface area contributed by atoms with E-state index in [1.807, 2.05) is 36.5 Å². The lowest BCUT2D eigenvalue weighted by molar-refractivity contribution is 0.255. The molecule has 0 fully saturated rings. The van der Waals surface area contributed by atoms with E-state index in [2.05, 4.69) is 22.3 Å². The summed E-state index contributed by atoms with van der Waals surface area (Å²) in [6, 6.07) is 13.7. The van der Waals surface area contributed by atoms with Crippen LogP contribution in [0.1, 0.15) is 22.3 Å². The molecule has 0 aliphatic carbocycles. The molecule has 0 spiro atoms. The van der Waals surface area contributed by atoms with Gasteiger partial charge in [0.1, 0.15) is 0 Å². The average Bonchev–Trinajstić information content (AvgIpc) is 3.73. The van der Waals surface area contributed by atoms with Crippen LogP contribution in [0.3, 0.4) is 0 Å². The van der Waals surface area contributed by atoms with Gasteiger partial charge in [-0.2, -0.15) is 4.52 Å². The summed E-state index contributed by atoms with van der Waals surface area (Å²) in [5, 5.41) is 8.16. The molecule has 11 nitrogen and oxygen atoms in total. The van der Waals surface area contributed by atoms with Crippen LogP contribution < -0.4 is 24.3 Å². The van der Waals surface area contributed by atoms with Gasteiger partial charge < -0.3 is 28.7 Å². The number of anilines is 1.